The van der Waals surface area contributed by atoms with Crippen molar-refractivity contribution in [3.8, 4) is 12.3 Å². The number of alkyl halides is 3. The van der Waals surface area contributed by atoms with Gasteiger partial charge in [0.2, 0.25) is 0 Å². The maximum Gasteiger partial charge on any atom is 0.282 e. The summed E-state index contributed by atoms with van der Waals surface area (Å²) in [4.78, 5) is 16.4. The minimum atomic E-state index is -3.34. The lowest BCUT2D eigenvalue weighted by atomic mass is 9.64. The van der Waals surface area contributed by atoms with Crippen molar-refractivity contribution in [2.45, 2.75) is 110 Å². The average molecular weight is 511 g/mol. The second-order valence-corrected chi connectivity index (χ2v) is 10.9. The molecular weight excluding hydrogens is 468 g/mol. The van der Waals surface area contributed by atoms with Gasteiger partial charge in [-0.2, -0.15) is 0 Å². The summed E-state index contributed by atoms with van der Waals surface area (Å²) in [6, 6.07) is 2.65. The fourth-order valence-electron chi connectivity index (χ4n) is 4.82. The number of hydrogen-bond donors (Lipinski definition) is 1. The van der Waals surface area contributed by atoms with E-state index >= 15 is 0 Å². The van der Waals surface area contributed by atoms with E-state index in [-0.39, 0.29) is 33.0 Å². The molecular formula is C29H42F4N2O. The molecule has 0 bridgehead atoms. The molecule has 36 heavy (non-hydrogen) atoms. The summed E-state index contributed by atoms with van der Waals surface area (Å²) in [6.45, 7) is 8.01. The first-order valence-electron chi connectivity index (χ1n) is 12.9. The molecule has 7 heteroatoms. The van der Waals surface area contributed by atoms with E-state index in [4.69, 9.17) is 12.2 Å². The van der Waals surface area contributed by atoms with Gasteiger partial charge in [-0.25, -0.2) is 22.6 Å². The highest BCUT2D eigenvalue weighted by atomic mass is 19.3. The van der Waals surface area contributed by atoms with Crippen LogP contribution in [0.2, 0.25) is 0 Å². The van der Waals surface area contributed by atoms with Gasteiger partial charge in [-0.3, -0.25) is 4.79 Å². The molecule has 2 atom stereocenters. The van der Waals surface area contributed by atoms with Crippen LogP contribution in [0.4, 0.5) is 23.2 Å². The number of nitrogens with two attached hydrogens (primary N) is 1. The number of Topliss-reactive ketones (excluding diaryl/α,β-unsaturated/α-hetero) is 1. The first-order chi connectivity index (χ1) is 16.8. The molecule has 0 amide bonds. The standard InChI is InChI=1S/C23H28F4N2O.C6H12.H2/c1-4-19(29-21-12-18(24)10-16(14-28)15(21)3)8-6-7-9-20(30)11-17-13-23(26,27)22(17,25)5-2;1-6(2)4-3-5-6;/h1,10,12,17H,5-9,11,13-14,28H2,2-3H3;3-5H2,1-2H3;1H. The summed E-state index contributed by atoms with van der Waals surface area (Å²) in [5, 5.41) is 0. The number of hydrogen-bond acceptors (Lipinski definition) is 3. The van der Waals surface area contributed by atoms with E-state index < -0.39 is 29.7 Å². The molecule has 0 aliphatic heterocycles. The summed E-state index contributed by atoms with van der Waals surface area (Å²) in [5.41, 5.74) is 6.01. The molecule has 2 N–H and O–H groups in total. The first-order valence-corrected chi connectivity index (χ1v) is 12.9. The Hall–Kier alpha value is -2.20. The lowest BCUT2D eigenvalue weighted by molar-refractivity contribution is -0.252. The molecule has 0 radical (unpaired) electrons. The molecule has 0 spiro atoms. The second kappa shape index (κ2) is 12.4. The Morgan fingerprint density at radius 1 is 1.22 bits per heavy atom. The molecule has 1 aromatic rings. The Bertz CT molecular complexity index is 996. The molecule has 2 saturated carbocycles. The molecule has 2 aliphatic rings. The molecule has 2 fully saturated rings. The van der Waals surface area contributed by atoms with Gasteiger partial charge in [0.05, 0.1) is 11.4 Å². The lowest BCUT2D eigenvalue weighted by Gasteiger charge is -2.49. The van der Waals surface area contributed by atoms with Crippen LogP contribution in [-0.2, 0) is 11.3 Å². The van der Waals surface area contributed by atoms with E-state index in [1.54, 1.807) is 6.92 Å². The van der Waals surface area contributed by atoms with Crippen molar-refractivity contribution >= 4 is 17.2 Å². The Kier molecular flexibility index (Phi) is 10.3. The summed E-state index contributed by atoms with van der Waals surface area (Å²) < 4.78 is 55.0. The molecule has 2 aliphatic carbocycles. The highest BCUT2D eigenvalue weighted by molar-refractivity contribution is 6.01. The van der Waals surface area contributed by atoms with Crippen LogP contribution in [0.3, 0.4) is 0 Å². The smallest absolute Gasteiger partial charge is 0.282 e. The van der Waals surface area contributed by atoms with Crippen molar-refractivity contribution in [2.75, 3.05) is 0 Å². The highest BCUT2D eigenvalue weighted by Crippen LogP contribution is 2.57. The highest BCUT2D eigenvalue weighted by Gasteiger charge is 2.68. The molecule has 202 valence electrons. The van der Waals surface area contributed by atoms with Crippen LogP contribution in [0.25, 0.3) is 0 Å². The number of carbonyl (C=O) groups is 1. The predicted molar refractivity (Wildman–Crippen MR) is 140 cm³/mol. The topological polar surface area (TPSA) is 55.5 Å². The number of aliphatic imine (C=N–C) groups is 1. The average Bonchev–Trinajstić information content (AvgIpc) is 2.81. The molecule has 3 rings (SSSR count). The van der Waals surface area contributed by atoms with Crippen molar-refractivity contribution in [3.05, 3.63) is 29.1 Å². The third-order valence-corrected chi connectivity index (χ3v) is 7.67. The van der Waals surface area contributed by atoms with Crippen molar-refractivity contribution in [1.29, 1.82) is 0 Å². The molecule has 0 aromatic heterocycles. The third kappa shape index (κ3) is 7.41. The van der Waals surface area contributed by atoms with Gasteiger partial charge in [-0.1, -0.05) is 33.1 Å². The zero-order valence-corrected chi connectivity index (χ0v) is 22.0. The SMILES string of the molecule is C#CC(CCCCC(=O)CC1CC(F)(F)C1(F)CC)=Nc1cc(F)cc(CN)c1C.CC1(C)CCC1.[HH]. The molecule has 1 aromatic carbocycles. The molecule has 3 nitrogen and oxygen atoms in total. The van der Waals surface area contributed by atoms with Gasteiger partial charge >= 0.3 is 0 Å². The van der Waals surface area contributed by atoms with Crippen molar-refractivity contribution in [2.24, 2.45) is 22.1 Å². The van der Waals surface area contributed by atoms with E-state index in [0.717, 1.165) is 11.0 Å². The normalized spacial score (nSPS) is 24.0. The number of ketones is 1. The van der Waals surface area contributed by atoms with Gasteiger partial charge in [-0.15, -0.1) is 6.42 Å². The van der Waals surface area contributed by atoms with E-state index in [1.807, 2.05) is 0 Å². The van der Waals surface area contributed by atoms with E-state index in [2.05, 4.69) is 24.8 Å². The van der Waals surface area contributed by atoms with Gasteiger partial charge in [0, 0.05) is 33.2 Å². The largest absolute Gasteiger partial charge is 0.326 e. The van der Waals surface area contributed by atoms with Crippen LogP contribution >= 0.6 is 0 Å². The van der Waals surface area contributed by atoms with Gasteiger partial charge < -0.3 is 5.73 Å². The fourth-order valence-corrected chi connectivity index (χ4v) is 4.82. The van der Waals surface area contributed by atoms with Gasteiger partial charge in [-0.05, 0) is 74.1 Å². The minimum absolute atomic E-state index is 0. The minimum Gasteiger partial charge on any atom is -0.326 e. The van der Waals surface area contributed by atoms with Gasteiger partial charge in [0.1, 0.15) is 11.6 Å². The number of carbonyl (C=O) groups excluding carboxylic acids is 1. The molecule has 0 heterocycles. The Morgan fingerprint density at radius 2 is 1.83 bits per heavy atom. The zero-order chi connectivity index (χ0) is 27.1. The maximum absolute atomic E-state index is 14.3. The van der Waals surface area contributed by atoms with Gasteiger partial charge in [0.25, 0.3) is 5.92 Å². The summed E-state index contributed by atoms with van der Waals surface area (Å²) >= 11 is 0. The second-order valence-electron chi connectivity index (χ2n) is 10.9. The summed E-state index contributed by atoms with van der Waals surface area (Å²) in [6.07, 6.45) is 10.5. The van der Waals surface area contributed by atoms with Crippen molar-refractivity contribution in [3.63, 3.8) is 0 Å². The Balaban J connectivity index is 0.000000855. The van der Waals surface area contributed by atoms with Crippen LogP contribution in [0.5, 0.6) is 0 Å². The predicted octanol–water partition coefficient (Wildman–Crippen LogP) is 8.03. The maximum atomic E-state index is 14.3. The monoisotopic (exact) mass is 510 g/mol. The van der Waals surface area contributed by atoms with E-state index in [0.29, 0.717) is 36.2 Å². The van der Waals surface area contributed by atoms with Crippen LogP contribution in [-0.4, -0.2) is 23.1 Å². The number of rotatable bonds is 10. The Labute approximate surface area is 214 Å². The third-order valence-electron chi connectivity index (χ3n) is 7.67. The molecule has 2 unspecified atom stereocenters. The van der Waals surface area contributed by atoms with Crippen molar-refractivity contribution in [1.82, 2.24) is 0 Å². The number of halogens is 4. The number of unbranched alkanes of at least 4 members (excludes halogenated alkanes) is 1. The quantitative estimate of drug-likeness (QED) is 0.150. The number of benzene rings is 1. The summed E-state index contributed by atoms with van der Waals surface area (Å²) in [7, 11) is 0. The van der Waals surface area contributed by atoms with E-state index in [1.165, 1.54) is 38.3 Å². The fraction of sp³-hybridized carbons (Fsp3) is 0.655. The number of terminal acetylenes is 1. The molecule has 0 saturated heterocycles. The zero-order valence-electron chi connectivity index (χ0n) is 22.0. The van der Waals surface area contributed by atoms with Crippen LogP contribution < -0.4 is 5.73 Å². The summed E-state index contributed by atoms with van der Waals surface area (Å²) in [5.74, 6) is -2.45. The van der Waals surface area contributed by atoms with Crippen LogP contribution in [0.15, 0.2) is 17.1 Å². The lowest BCUT2D eigenvalue weighted by Crippen LogP contribution is -2.61. The van der Waals surface area contributed by atoms with Gasteiger partial charge in [0.15, 0.2) is 5.67 Å². The first kappa shape index (κ1) is 30.0. The Morgan fingerprint density at radius 3 is 2.31 bits per heavy atom. The van der Waals surface area contributed by atoms with Crippen LogP contribution in [0.1, 0.15) is 97.5 Å². The van der Waals surface area contributed by atoms with Crippen LogP contribution in [0, 0.1) is 36.4 Å². The van der Waals surface area contributed by atoms with E-state index in [9.17, 15) is 22.4 Å². The van der Waals surface area contributed by atoms with Crippen molar-refractivity contribution < 1.29 is 23.8 Å². The number of nitrogens with zero attached hydrogens (tertiary/aromatic N) is 1.